The second-order valence-electron chi connectivity index (χ2n) is 4.55. The molecule has 0 amide bonds. The van der Waals surface area contributed by atoms with Gasteiger partial charge in [-0.2, -0.15) is 0 Å². The van der Waals surface area contributed by atoms with Crippen molar-refractivity contribution in [3.63, 3.8) is 0 Å². The predicted molar refractivity (Wildman–Crippen MR) is 79.4 cm³/mol. The highest BCUT2D eigenvalue weighted by Crippen LogP contribution is 2.24. The van der Waals surface area contributed by atoms with E-state index in [4.69, 9.17) is 21.7 Å². The molecule has 0 unspecified atom stereocenters. The van der Waals surface area contributed by atoms with Crippen molar-refractivity contribution in [1.29, 1.82) is 0 Å². The molecule has 1 aromatic carbocycles. The summed E-state index contributed by atoms with van der Waals surface area (Å²) in [6.45, 7) is 4.10. The van der Waals surface area contributed by atoms with Gasteiger partial charge in [0, 0.05) is 25.3 Å². The molecule has 0 saturated heterocycles. The van der Waals surface area contributed by atoms with Gasteiger partial charge < -0.3 is 19.0 Å². The number of unbranched alkanes of at least 4 members (excludes halogenated alkanes) is 1. The summed E-state index contributed by atoms with van der Waals surface area (Å²) in [4.78, 5) is 3.00. The largest absolute Gasteiger partial charge is 0.494 e. The van der Waals surface area contributed by atoms with E-state index in [0.29, 0.717) is 23.4 Å². The maximum absolute atomic E-state index is 13.6. The number of nitrogens with one attached hydrogen (secondary N) is 1. The van der Waals surface area contributed by atoms with Crippen LogP contribution in [0.1, 0.15) is 19.8 Å². The van der Waals surface area contributed by atoms with E-state index in [2.05, 4.69) is 11.9 Å². The molecule has 0 aliphatic rings. The summed E-state index contributed by atoms with van der Waals surface area (Å²) in [6, 6.07) is 3.06. The quantitative estimate of drug-likeness (QED) is 0.626. The minimum absolute atomic E-state index is 0.215. The van der Waals surface area contributed by atoms with Crippen molar-refractivity contribution in [2.75, 3.05) is 20.3 Å². The van der Waals surface area contributed by atoms with Crippen LogP contribution in [0.15, 0.2) is 12.1 Å². The van der Waals surface area contributed by atoms with Gasteiger partial charge in [0.1, 0.15) is 0 Å². The van der Waals surface area contributed by atoms with Crippen LogP contribution in [0.4, 0.5) is 4.39 Å². The molecule has 20 heavy (non-hydrogen) atoms. The van der Waals surface area contributed by atoms with Crippen molar-refractivity contribution in [1.82, 2.24) is 9.55 Å². The van der Waals surface area contributed by atoms with Crippen molar-refractivity contribution in [3.05, 3.63) is 22.7 Å². The SMILES string of the molecule is CCCCOCCn1c(=S)[nH]c2cc(F)c(OC)cc21. The lowest BCUT2D eigenvalue weighted by Crippen LogP contribution is -2.07. The molecule has 1 heterocycles. The van der Waals surface area contributed by atoms with E-state index < -0.39 is 5.82 Å². The average molecular weight is 298 g/mol. The average Bonchev–Trinajstić information content (AvgIpc) is 2.72. The second-order valence-corrected chi connectivity index (χ2v) is 4.94. The lowest BCUT2D eigenvalue weighted by Gasteiger charge is -2.07. The highest BCUT2D eigenvalue weighted by molar-refractivity contribution is 7.71. The van der Waals surface area contributed by atoms with Crippen molar-refractivity contribution >= 4 is 23.3 Å². The maximum Gasteiger partial charge on any atom is 0.178 e. The summed E-state index contributed by atoms with van der Waals surface area (Å²) in [5.74, 6) is -0.185. The smallest absolute Gasteiger partial charge is 0.178 e. The van der Waals surface area contributed by atoms with Gasteiger partial charge in [-0.05, 0) is 18.6 Å². The fourth-order valence-corrected chi connectivity index (χ4v) is 2.34. The molecule has 1 N–H and O–H groups in total. The predicted octanol–water partition coefficient (Wildman–Crippen LogP) is 3.66. The Morgan fingerprint density at radius 2 is 2.15 bits per heavy atom. The van der Waals surface area contributed by atoms with Crippen molar-refractivity contribution in [2.45, 2.75) is 26.3 Å². The van der Waals surface area contributed by atoms with Crippen molar-refractivity contribution < 1.29 is 13.9 Å². The molecule has 1 aromatic heterocycles. The number of aromatic nitrogens is 2. The Balaban J connectivity index is 2.19. The lowest BCUT2D eigenvalue weighted by atomic mass is 10.3. The van der Waals surface area contributed by atoms with Crippen LogP contribution in [0.5, 0.6) is 5.75 Å². The van der Waals surface area contributed by atoms with Crippen LogP contribution in [-0.2, 0) is 11.3 Å². The molecule has 2 rings (SSSR count). The second kappa shape index (κ2) is 6.85. The van der Waals surface area contributed by atoms with E-state index in [1.54, 1.807) is 6.07 Å². The van der Waals surface area contributed by atoms with E-state index in [0.717, 1.165) is 25.0 Å². The molecule has 0 saturated carbocycles. The first-order valence-electron chi connectivity index (χ1n) is 6.71. The number of hydrogen-bond donors (Lipinski definition) is 1. The lowest BCUT2D eigenvalue weighted by molar-refractivity contribution is 0.124. The minimum atomic E-state index is -0.400. The van der Waals surface area contributed by atoms with E-state index in [1.165, 1.54) is 13.2 Å². The van der Waals surface area contributed by atoms with Gasteiger partial charge in [-0.25, -0.2) is 4.39 Å². The molecular formula is C14H19FN2O2S. The molecule has 0 radical (unpaired) electrons. The highest BCUT2D eigenvalue weighted by atomic mass is 32.1. The zero-order valence-electron chi connectivity index (χ0n) is 11.7. The van der Waals surface area contributed by atoms with Gasteiger partial charge in [-0.3, -0.25) is 0 Å². The van der Waals surface area contributed by atoms with Gasteiger partial charge in [-0.15, -0.1) is 0 Å². The number of rotatable bonds is 7. The standard InChI is InChI=1S/C14H19FN2O2S/c1-3-4-6-19-7-5-17-12-9-13(18-2)10(15)8-11(12)16-14(17)20/h8-9H,3-7H2,1-2H3,(H,16,20). The van der Waals surface area contributed by atoms with Gasteiger partial charge >= 0.3 is 0 Å². The first-order chi connectivity index (χ1) is 9.67. The van der Waals surface area contributed by atoms with Crippen LogP contribution in [0.3, 0.4) is 0 Å². The van der Waals surface area contributed by atoms with Crippen molar-refractivity contribution in [2.24, 2.45) is 0 Å². The zero-order valence-corrected chi connectivity index (χ0v) is 12.6. The fourth-order valence-electron chi connectivity index (χ4n) is 2.04. The summed E-state index contributed by atoms with van der Waals surface area (Å²) in [5.41, 5.74) is 1.49. The normalized spacial score (nSPS) is 11.2. The van der Waals surface area contributed by atoms with E-state index >= 15 is 0 Å². The Labute approximate surface area is 122 Å². The third kappa shape index (κ3) is 3.19. The van der Waals surface area contributed by atoms with E-state index in [1.807, 2.05) is 4.57 Å². The first-order valence-corrected chi connectivity index (χ1v) is 7.12. The number of methoxy groups -OCH3 is 1. The Kier molecular flexibility index (Phi) is 5.14. The third-order valence-electron chi connectivity index (χ3n) is 3.15. The number of ether oxygens (including phenoxy) is 2. The highest BCUT2D eigenvalue weighted by Gasteiger charge is 2.10. The molecule has 0 spiro atoms. The molecule has 2 aromatic rings. The van der Waals surface area contributed by atoms with Crippen LogP contribution in [0.25, 0.3) is 11.0 Å². The van der Waals surface area contributed by atoms with E-state index in [-0.39, 0.29) is 5.75 Å². The molecular weight excluding hydrogens is 279 g/mol. The number of hydrogen-bond acceptors (Lipinski definition) is 3. The minimum Gasteiger partial charge on any atom is -0.494 e. The van der Waals surface area contributed by atoms with Gasteiger partial charge in [-0.1, -0.05) is 13.3 Å². The molecule has 0 atom stereocenters. The summed E-state index contributed by atoms with van der Waals surface area (Å²) in [7, 11) is 1.45. The number of nitrogens with zero attached hydrogens (tertiary/aromatic N) is 1. The van der Waals surface area contributed by atoms with Gasteiger partial charge in [0.15, 0.2) is 16.3 Å². The summed E-state index contributed by atoms with van der Waals surface area (Å²) in [6.07, 6.45) is 2.17. The Morgan fingerprint density at radius 1 is 1.35 bits per heavy atom. The monoisotopic (exact) mass is 298 g/mol. The Bertz CT molecular complexity index is 636. The maximum atomic E-state index is 13.6. The molecule has 0 fully saturated rings. The van der Waals surface area contributed by atoms with E-state index in [9.17, 15) is 4.39 Å². The summed E-state index contributed by atoms with van der Waals surface area (Å²) in [5, 5.41) is 0. The van der Waals surface area contributed by atoms with Crippen LogP contribution in [-0.4, -0.2) is 29.9 Å². The molecule has 0 bridgehead atoms. The molecule has 0 aliphatic carbocycles. The number of H-pyrrole nitrogens is 1. The number of benzene rings is 1. The van der Waals surface area contributed by atoms with Crippen LogP contribution in [0.2, 0.25) is 0 Å². The molecule has 6 heteroatoms. The number of halogens is 1. The molecule has 4 nitrogen and oxygen atoms in total. The number of imidazole rings is 1. The number of fused-ring (bicyclic) bond motifs is 1. The summed E-state index contributed by atoms with van der Waals surface area (Å²) < 4.78 is 26.7. The summed E-state index contributed by atoms with van der Waals surface area (Å²) >= 11 is 5.27. The van der Waals surface area contributed by atoms with Crippen molar-refractivity contribution in [3.8, 4) is 5.75 Å². The van der Waals surface area contributed by atoms with Crippen LogP contribution in [0, 0.1) is 10.6 Å². The number of aromatic amines is 1. The third-order valence-corrected chi connectivity index (χ3v) is 3.47. The molecule has 0 aliphatic heterocycles. The van der Waals surface area contributed by atoms with Gasteiger partial charge in [0.2, 0.25) is 0 Å². The van der Waals surface area contributed by atoms with Crippen LogP contribution < -0.4 is 4.74 Å². The topological polar surface area (TPSA) is 39.2 Å². The first kappa shape index (κ1) is 15.0. The Morgan fingerprint density at radius 3 is 2.85 bits per heavy atom. The Hall–Kier alpha value is -1.40. The van der Waals surface area contributed by atoms with Gasteiger partial charge in [0.05, 0.1) is 24.8 Å². The fraction of sp³-hybridized carbons (Fsp3) is 0.500. The zero-order chi connectivity index (χ0) is 14.5. The molecule has 110 valence electrons. The van der Waals surface area contributed by atoms with Gasteiger partial charge in [0.25, 0.3) is 0 Å². The van der Waals surface area contributed by atoms with Crippen LogP contribution >= 0.6 is 12.2 Å².